The first-order valence-corrected chi connectivity index (χ1v) is 5.32. The number of carbonyl (C=O) groups excluding carboxylic acids is 1. The largest absolute Gasteiger partial charge is 0.476 e. The van der Waals surface area contributed by atoms with Crippen molar-refractivity contribution < 1.29 is 23.8 Å². The molecule has 102 valence electrons. The van der Waals surface area contributed by atoms with E-state index in [2.05, 4.69) is 10.2 Å². The number of aromatic nitrogens is 2. The van der Waals surface area contributed by atoms with Crippen LogP contribution in [0.2, 0.25) is 0 Å². The predicted octanol–water partition coefficient (Wildman–Crippen LogP) is 1.21. The van der Waals surface area contributed by atoms with Crippen molar-refractivity contribution in [2.24, 2.45) is 5.73 Å². The zero-order valence-electron chi connectivity index (χ0n) is 9.91. The minimum atomic E-state index is -1.24. The first-order chi connectivity index (χ1) is 9.49. The average molecular weight is 277 g/mol. The van der Waals surface area contributed by atoms with Crippen LogP contribution in [0, 0.1) is 5.82 Å². The van der Waals surface area contributed by atoms with Gasteiger partial charge in [-0.05, 0) is 18.2 Å². The van der Waals surface area contributed by atoms with Gasteiger partial charge in [-0.15, -0.1) is 10.2 Å². The molecule has 3 N–H and O–H groups in total. The van der Waals surface area contributed by atoms with E-state index in [1.807, 2.05) is 0 Å². The number of carboxylic acid groups (broad SMARTS) is 1. The van der Waals surface area contributed by atoms with Crippen molar-refractivity contribution in [3.8, 4) is 11.6 Å². The Morgan fingerprint density at radius 1 is 1.20 bits per heavy atom. The third-order valence-electron chi connectivity index (χ3n) is 2.30. The van der Waals surface area contributed by atoms with Gasteiger partial charge in [0, 0.05) is 6.07 Å². The van der Waals surface area contributed by atoms with Crippen LogP contribution in [0.3, 0.4) is 0 Å². The van der Waals surface area contributed by atoms with Crippen LogP contribution in [0.1, 0.15) is 20.8 Å². The van der Waals surface area contributed by atoms with Gasteiger partial charge in [-0.3, -0.25) is 4.79 Å². The van der Waals surface area contributed by atoms with Gasteiger partial charge in [0.2, 0.25) is 5.88 Å². The molecule has 0 saturated carbocycles. The van der Waals surface area contributed by atoms with Gasteiger partial charge < -0.3 is 15.6 Å². The molecule has 8 heteroatoms. The second-order valence-corrected chi connectivity index (χ2v) is 3.64. The highest BCUT2D eigenvalue weighted by molar-refractivity contribution is 5.96. The Hall–Kier alpha value is -3.03. The Balaban J connectivity index is 2.33. The number of rotatable bonds is 4. The molecular weight excluding hydrogens is 269 g/mol. The molecule has 1 aromatic carbocycles. The van der Waals surface area contributed by atoms with E-state index in [1.54, 1.807) is 0 Å². The SMILES string of the molecule is NC(=O)c1c(F)cccc1Oc1ccc(C(=O)O)nn1. The molecule has 7 nitrogen and oxygen atoms in total. The van der Waals surface area contributed by atoms with Gasteiger partial charge in [-0.25, -0.2) is 9.18 Å². The van der Waals surface area contributed by atoms with Gasteiger partial charge in [0.05, 0.1) is 0 Å². The Labute approximate surface area is 111 Å². The van der Waals surface area contributed by atoms with Crippen molar-refractivity contribution in [1.29, 1.82) is 0 Å². The summed E-state index contributed by atoms with van der Waals surface area (Å²) in [5, 5.41) is 15.5. The summed E-state index contributed by atoms with van der Waals surface area (Å²) in [4.78, 5) is 21.8. The fourth-order valence-corrected chi connectivity index (χ4v) is 1.43. The van der Waals surface area contributed by atoms with Gasteiger partial charge in [0.1, 0.15) is 17.1 Å². The standard InChI is InChI=1S/C12H8FN3O4/c13-6-2-1-3-8(10(6)11(14)17)20-9-5-4-7(12(18)19)15-16-9/h1-5H,(H2,14,17)(H,18,19). The van der Waals surface area contributed by atoms with Gasteiger partial charge in [-0.2, -0.15) is 0 Å². The van der Waals surface area contributed by atoms with E-state index in [-0.39, 0.29) is 17.3 Å². The molecule has 0 saturated heterocycles. The Bertz CT molecular complexity index is 673. The Morgan fingerprint density at radius 3 is 2.50 bits per heavy atom. The van der Waals surface area contributed by atoms with Gasteiger partial charge in [-0.1, -0.05) is 6.07 Å². The highest BCUT2D eigenvalue weighted by Gasteiger charge is 2.16. The summed E-state index contributed by atoms with van der Waals surface area (Å²) in [7, 11) is 0. The number of hydrogen-bond acceptors (Lipinski definition) is 5. The third kappa shape index (κ3) is 2.69. The molecule has 0 aliphatic heterocycles. The fraction of sp³-hybridized carbons (Fsp3) is 0. The van der Waals surface area contributed by atoms with E-state index in [4.69, 9.17) is 15.6 Å². The highest BCUT2D eigenvalue weighted by atomic mass is 19.1. The van der Waals surface area contributed by atoms with Crippen LogP contribution in [0.15, 0.2) is 30.3 Å². The number of ether oxygens (including phenoxy) is 1. The average Bonchev–Trinajstić information content (AvgIpc) is 2.39. The van der Waals surface area contributed by atoms with E-state index in [1.165, 1.54) is 18.2 Å². The number of amides is 1. The number of nitrogens with zero attached hydrogens (tertiary/aromatic N) is 2. The summed E-state index contributed by atoms with van der Waals surface area (Å²) in [5.74, 6) is -3.29. The highest BCUT2D eigenvalue weighted by Crippen LogP contribution is 2.25. The van der Waals surface area contributed by atoms with Crippen molar-refractivity contribution in [2.75, 3.05) is 0 Å². The van der Waals surface area contributed by atoms with E-state index in [0.29, 0.717) is 0 Å². The molecule has 1 aromatic heterocycles. The molecular formula is C12H8FN3O4. The molecule has 0 bridgehead atoms. The molecule has 1 amide bonds. The van der Waals surface area contributed by atoms with Crippen LogP contribution in [0.5, 0.6) is 11.6 Å². The molecule has 2 aromatic rings. The smallest absolute Gasteiger partial charge is 0.356 e. The van der Waals surface area contributed by atoms with Crippen molar-refractivity contribution in [3.63, 3.8) is 0 Å². The maximum atomic E-state index is 13.5. The molecule has 0 aliphatic rings. The van der Waals surface area contributed by atoms with E-state index < -0.39 is 23.3 Å². The van der Waals surface area contributed by atoms with Crippen molar-refractivity contribution in [2.45, 2.75) is 0 Å². The lowest BCUT2D eigenvalue weighted by atomic mass is 10.2. The first-order valence-electron chi connectivity index (χ1n) is 5.32. The Kier molecular flexibility index (Phi) is 3.56. The van der Waals surface area contributed by atoms with Crippen LogP contribution in [-0.4, -0.2) is 27.2 Å². The number of benzene rings is 1. The number of halogens is 1. The second-order valence-electron chi connectivity index (χ2n) is 3.64. The summed E-state index contributed by atoms with van der Waals surface area (Å²) < 4.78 is 18.7. The number of primary amides is 1. The summed E-state index contributed by atoms with van der Waals surface area (Å²) in [6, 6.07) is 6.11. The zero-order valence-corrected chi connectivity index (χ0v) is 9.91. The number of carbonyl (C=O) groups is 2. The van der Waals surface area contributed by atoms with E-state index >= 15 is 0 Å². The molecule has 0 aliphatic carbocycles. The topological polar surface area (TPSA) is 115 Å². The van der Waals surface area contributed by atoms with Crippen LogP contribution in [0.4, 0.5) is 4.39 Å². The lowest BCUT2D eigenvalue weighted by Crippen LogP contribution is -2.14. The molecule has 0 atom stereocenters. The van der Waals surface area contributed by atoms with E-state index in [0.717, 1.165) is 12.1 Å². The minimum Gasteiger partial charge on any atom is -0.476 e. The number of hydrogen-bond donors (Lipinski definition) is 2. The first kappa shape index (κ1) is 13.4. The van der Waals surface area contributed by atoms with Crippen molar-refractivity contribution in [1.82, 2.24) is 10.2 Å². The molecule has 0 radical (unpaired) electrons. The monoisotopic (exact) mass is 277 g/mol. The second kappa shape index (κ2) is 5.31. The van der Waals surface area contributed by atoms with E-state index in [9.17, 15) is 14.0 Å². The van der Waals surface area contributed by atoms with Crippen molar-refractivity contribution in [3.05, 3.63) is 47.4 Å². The summed E-state index contributed by atoms with van der Waals surface area (Å²) in [6.07, 6.45) is 0. The maximum absolute atomic E-state index is 13.5. The normalized spacial score (nSPS) is 10.1. The lowest BCUT2D eigenvalue weighted by Gasteiger charge is -2.08. The molecule has 0 fully saturated rings. The fourth-order valence-electron chi connectivity index (χ4n) is 1.43. The lowest BCUT2D eigenvalue weighted by molar-refractivity contribution is 0.0689. The van der Waals surface area contributed by atoms with Crippen molar-refractivity contribution >= 4 is 11.9 Å². The number of aromatic carboxylic acids is 1. The molecule has 0 spiro atoms. The summed E-state index contributed by atoms with van der Waals surface area (Å²) in [6.45, 7) is 0. The number of carboxylic acids is 1. The minimum absolute atomic E-state index is 0.0944. The molecule has 1 heterocycles. The van der Waals surface area contributed by atoms with Crippen LogP contribution >= 0.6 is 0 Å². The zero-order chi connectivity index (χ0) is 14.7. The molecule has 0 unspecified atom stereocenters. The summed E-state index contributed by atoms with van der Waals surface area (Å²) in [5.41, 5.74) is 4.37. The van der Waals surface area contributed by atoms with Gasteiger partial charge >= 0.3 is 5.97 Å². The summed E-state index contributed by atoms with van der Waals surface area (Å²) >= 11 is 0. The van der Waals surface area contributed by atoms with Crippen LogP contribution < -0.4 is 10.5 Å². The number of nitrogens with two attached hydrogens (primary N) is 1. The molecule has 20 heavy (non-hydrogen) atoms. The van der Waals surface area contributed by atoms with Gasteiger partial charge in [0.25, 0.3) is 5.91 Å². The third-order valence-corrected chi connectivity index (χ3v) is 2.30. The Morgan fingerprint density at radius 2 is 1.95 bits per heavy atom. The molecule has 2 rings (SSSR count). The van der Waals surface area contributed by atoms with Crippen LogP contribution in [-0.2, 0) is 0 Å². The van der Waals surface area contributed by atoms with Crippen LogP contribution in [0.25, 0.3) is 0 Å². The predicted molar refractivity (Wildman–Crippen MR) is 64.0 cm³/mol. The quantitative estimate of drug-likeness (QED) is 0.867. The van der Waals surface area contributed by atoms with Gasteiger partial charge in [0.15, 0.2) is 5.69 Å². The maximum Gasteiger partial charge on any atom is 0.356 e.